The van der Waals surface area contributed by atoms with Crippen molar-refractivity contribution in [2.75, 3.05) is 6.61 Å². The van der Waals surface area contributed by atoms with Crippen LogP contribution in [0.4, 0.5) is 8.78 Å². The van der Waals surface area contributed by atoms with Crippen molar-refractivity contribution in [3.8, 4) is 11.5 Å². The van der Waals surface area contributed by atoms with E-state index in [1.54, 1.807) is 20.8 Å². The Bertz CT molecular complexity index is 715. The van der Waals surface area contributed by atoms with Gasteiger partial charge in [0.2, 0.25) is 0 Å². The zero-order valence-corrected chi connectivity index (χ0v) is 14.0. The maximum atomic E-state index is 14.6. The van der Waals surface area contributed by atoms with E-state index < -0.39 is 11.6 Å². The van der Waals surface area contributed by atoms with E-state index >= 15 is 0 Å². The first kappa shape index (κ1) is 17.5. The van der Waals surface area contributed by atoms with Crippen LogP contribution >= 0.6 is 11.6 Å². The first-order chi connectivity index (χ1) is 10.8. The normalized spacial score (nSPS) is 11.1. The molecule has 124 valence electrons. The van der Waals surface area contributed by atoms with E-state index in [1.165, 1.54) is 24.3 Å². The Balaban J connectivity index is 2.40. The zero-order valence-electron chi connectivity index (χ0n) is 13.3. The van der Waals surface area contributed by atoms with Crippen LogP contribution in [-0.4, -0.2) is 11.7 Å². The molecule has 0 atom stereocenters. The minimum Gasteiger partial charge on any atom is -0.508 e. The second-order valence-corrected chi connectivity index (χ2v) is 6.02. The largest absolute Gasteiger partial charge is 0.508 e. The summed E-state index contributed by atoms with van der Waals surface area (Å²) in [6.45, 7) is 5.67. The molecule has 0 unspecified atom stereocenters. The maximum absolute atomic E-state index is 14.6. The summed E-state index contributed by atoms with van der Waals surface area (Å²) in [6.07, 6.45) is 0.133. The lowest BCUT2D eigenvalue weighted by Crippen LogP contribution is -2.02. The van der Waals surface area contributed by atoms with Gasteiger partial charge in [-0.3, -0.25) is 0 Å². The molecule has 0 amide bonds. The minimum atomic E-state index is -0.533. The van der Waals surface area contributed by atoms with E-state index in [-0.39, 0.29) is 29.4 Å². The van der Waals surface area contributed by atoms with Crippen LogP contribution in [0, 0.1) is 11.6 Å². The van der Waals surface area contributed by atoms with Gasteiger partial charge in [-0.2, -0.15) is 0 Å². The first-order valence-electron chi connectivity index (χ1n) is 7.46. The van der Waals surface area contributed by atoms with E-state index in [0.717, 1.165) is 0 Å². The number of ether oxygens (including phenoxy) is 1. The molecule has 0 aliphatic heterocycles. The van der Waals surface area contributed by atoms with Crippen LogP contribution in [0.5, 0.6) is 11.5 Å². The zero-order chi connectivity index (χ0) is 17.1. The Hall–Kier alpha value is -1.81. The maximum Gasteiger partial charge on any atom is 0.165 e. The number of phenols is 1. The quantitative estimate of drug-likeness (QED) is 0.785. The van der Waals surface area contributed by atoms with Crippen LogP contribution < -0.4 is 4.74 Å². The number of aromatic hydroxyl groups is 1. The second kappa shape index (κ2) is 7.18. The fourth-order valence-corrected chi connectivity index (χ4v) is 2.71. The predicted octanol–water partition coefficient (Wildman–Crippen LogP) is 5.44. The molecule has 0 bridgehead atoms. The highest BCUT2D eigenvalue weighted by Crippen LogP contribution is 2.33. The average Bonchev–Trinajstić information content (AvgIpc) is 2.47. The summed E-state index contributed by atoms with van der Waals surface area (Å²) in [5.74, 6) is -1.18. The summed E-state index contributed by atoms with van der Waals surface area (Å²) < 4.78 is 33.7. The molecule has 2 rings (SSSR count). The van der Waals surface area contributed by atoms with E-state index in [1.807, 2.05) is 0 Å². The summed E-state index contributed by atoms with van der Waals surface area (Å²) in [5.41, 5.74) is 1.08. The molecule has 0 saturated carbocycles. The monoisotopic (exact) mass is 340 g/mol. The summed E-state index contributed by atoms with van der Waals surface area (Å²) in [7, 11) is 0. The molecule has 0 spiro atoms. The number of benzene rings is 2. The third kappa shape index (κ3) is 3.75. The molecule has 1 N–H and O–H groups in total. The van der Waals surface area contributed by atoms with Crippen LogP contribution in [0.1, 0.15) is 43.4 Å². The average molecular weight is 341 g/mol. The number of rotatable bonds is 5. The number of halogens is 3. The van der Waals surface area contributed by atoms with Crippen molar-refractivity contribution < 1.29 is 18.6 Å². The van der Waals surface area contributed by atoms with Gasteiger partial charge in [0.05, 0.1) is 6.61 Å². The molecule has 0 radical (unpaired) electrons. The van der Waals surface area contributed by atoms with Gasteiger partial charge in [0.15, 0.2) is 11.6 Å². The fraction of sp³-hybridized carbons (Fsp3) is 0.333. The van der Waals surface area contributed by atoms with E-state index in [0.29, 0.717) is 22.8 Å². The van der Waals surface area contributed by atoms with Gasteiger partial charge in [0.25, 0.3) is 0 Å². The van der Waals surface area contributed by atoms with Crippen LogP contribution in [0.3, 0.4) is 0 Å². The summed E-state index contributed by atoms with van der Waals surface area (Å²) in [6, 6.07) is 5.60. The molecule has 0 aliphatic carbocycles. The van der Waals surface area contributed by atoms with Crippen molar-refractivity contribution in [1.29, 1.82) is 0 Å². The molecular formula is C18H19ClF2O2. The molecule has 0 heterocycles. The van der Waals surface area contributed by atoms with Gasteiger partial charge in [0, 0.05) is 23.1 Å². The Morgan fingerprint density at radius 3 is 2.48 bits per heavy atom. The van der Waals surface area contributed by atoms with Crippen LogP contribution in [0.2, 0.25) is 5.02 Å². The SMILES string of the molecule is CCOc1cc(Cl)c(Cc2ccc(O)c(C(C)C)c2F)cc1F. The standard InChI is InChI=1S/C18H19ClF2O2/c1-4-23-16-9-13(19)12(8-14(16)20)7-11-5-6-15(22)17(10(2)3)18(11)21/h5-6,8-10,22H,4,7H2,1-3H3. The highest BCUT2D eigenvalue weighted by atomic mass is 35.5. The van der Waals surface area contributed by atoms with E-state index in [9.17, 15) is 13.9 Å². The van der Waals surface area contributed by atoms with Gasteiger partial charge in [-0.25, -0.2) is 8.78 Å². The first-order valence-corrected chi connectivity index (χ1v) is 7.83. The van der Waals surface area contributed by atoms with Crippen molar-refractivity contribution in [3.05, 3.63) is 57.6 Å². The molecule has 0 aliphatic rings. The van der Waals surface area contributed by atoms with Crippen LogP contribution in [0.15, 0.2) is 24.3 Å². The predicted molar refractivity (Wildman–Crippen MR) is 87.5 cm³/mol. The van der Waals surface area contributed by atoms with Gasteiger partial charge in [-0.1, -0.05) is 31.5 Å². The number of phenolic OH excluding ortho intramolecular Hbond substituents is 1. The van der Waals surface area contributed by atoms with Crippen molar-refractivity contribution >= 4 is 11.6 Å². The molecule has 2 aromatic rings. The highest BCUT2D eigenvalue weighted by molar-refractivity contribution is 6.31. The molecule has 2 aromatic carbocycles. The van der Waals surface area contributed by atoms with Gasteiger partial charge < -0.3 is 9.84 Å². The molecule has 0 saturated heterocycles. The Labute approximate surface area is 139 Å². The van der Waals surface area contributed by atoms with Crippen molar-refractivity contribution in [1.82, 2.24) is 0 Å². The van der Waals surface area contributed by atoms with Crippen LogP contribution in [-0.2, 0) is 6.42 Å². The van der Waals surface area contributed by atoms with Gasteiger partial charge in [-0.05, 0) is 36.1 Å². The molecule has 0 fully saturated rings. The summed E-state index contributed by atoms with van der Waals surface area (Å²) in [4.78, 5) is 0. The Kier molecular flexibility index (Phi) is 5.47. The summed E-state index contributed by atoms with van der Waals surface area (Å²) in [5, 5.41) is 10.1. The molecular weight excluding hydrogens is 322 g/mol. The second-order valence-electron chi connectivity index (χ2n) is 5.61. The highest BCUT2D eigenvalue weighted by Gasteiger charge is 2.18. The number of hydrogen-bond donors (Lipinski definition) is 1. The van der Waals surface area contributed by atoms with Gasteiger partial charge >= 0.3 is 0 Å². The minimum absolute atomic E-state index is 0.0785. The lowest BCUT2D eigenvalue weighted by molar-refractivity contribution is 0.321. The molecule has 5 heteroatoms. The fourth-order valence-electron chi connectivity index (χ4n) is 2.49. The Morgan fingerprint density at radius 1 is 1.17 bits per heavy atom. The van der Waals surface area contributed by atoms with Crippen LogP contribution in [0.25, 0.3) is 0 Å². The van der Waals surface area contributed by atoms with Gasteiger partial charge in [0.1, 0.15) is 11.6 Å². The van der Waals surface area contributed by atoms with E-state index in [2.05, 4.69) is 0 Å². The van der Waals surface area contributed by atoms with Crippen molar-refractivity contribution in [2.24, 2.45) is 0 Å². The third-order valence-electron chi connectivity index (χ3n) is 3.60. The molecule has 0 aromatic heterocycles. The number of hydrogen-bond acceptors (Lipinski definition) is 2. The smallest absolute Gasteiger partial charge is 0.165 e. The summed E-state index contributed by atoms with van der Waals surface area (Å²) >= 11 is 6.15. The molecule has 2 nitrogen and oxygen atoms in total. The van der Waals surface area contributed by atoms with Gasteiger partial charge in [-0.15, -0.1) is 0 Å². The topological polar surface area (TPSA) is 29.5 Å². The van der Waals surface area contributed by atoms with Crippen molar-refractivity contribution in [2.45, 2.75) is 33.1 Å². The third-order valence-corrected chi connectivity index (χ3v) is 3.95. The van der Waals surface area contributed by atoms with E-state index in [4.69, 9.17) is 16.3 Å². The van der Waals surface area contributed by atoms with Crippen molar-refractivity contribution in [3.63, 3.8) is 0 Å². The lowest BCUT2D eigenvalue weighted by Gasteiger charge is -2.14. The Morgan fingerprint density at radius 2 is 1.87 bits per heavy atom. The molecule has 23 heavy (non-hydrogen) atoms. The lowest BCUT2D eigenvalue weighted by atomic mass is 9.95.